The number of hydroxylamine groups is 1. The van der Waals surface area contributed by atoms with Crippen LogP contribution < -0.4 is 27.2 Å². The number of amides is 3. The zero-order chi connectivity index (χ0) is 23.8. The molecule has 9 nitrogen and oxygen atoms in total. The van der Waals surface area contributed by atoms with Gasteiger partial charge >= 0.3 is 0 Å². The summed E-state index contributed by atoms with van der Waals surface area (Å²) in [6.07, 6.45) is 3.89. The average Bonchev–Trinajstić information content (AvgIpc) is 3.65. The molecule has 7 N–H and O–H groups in total. The summed E-state index contributed by atoms with van der Waals surface area (Å²) >= 11 is 0. The lowest BCUT2D eigenvalue weighted by Crippen LogP contribution is -2.54. The van der Waals surface area contributed by atoms with Gasteiger partial charge in [0.2, 0.25) is 5.91 Å². The van der Waals surface area contributed by atoms with Gasteiger partial charge in [0.1, 0.15) is 6.04 Å². The molecule has 1 aliphatic rings. The summed E-state index contributed by atoms with van der Waals surface area (Å²) < 4.78 is 0. The van der Waals surface area contributed by atoms with Gasteiger partial charge in [-0.2, -0.15) is 0 Å². The highest BCUT2D eigenvalue weighted by Gasteiger charge is 2.24. The van der Waals surface area contributed by atoms with E-state index in [9.17, 15) is 14.4 Å². The number of carbonyl (C=O) groups excluding carboxylic acids is 3. The number of hydrogen-bond acceptors (Lipinski definition) is 6. The van der Waals surface area contributed by atoms with Gasteiger partial charge in [0, 0.05) is 23.3 Å². The lowest BCUT2D eigenvalue weighted by atomic mass is 10.0. The van der Waals surface area contributed by atoms with Gasteiger partial charge in [0.05, 0.1) is 6.54 Å². The Labute approximate surface area is 193 Å². The van der Waals surface area contributed by atoms with Crippen LogP contribution >= 0.6 is 0 Å². The topological polar surface area (TPSA) is 146 Å². The minimum Gasteiger partial charge on any atom is -0.339 e. The van der Waals surface area contributed by atoms with Crippen LogP contribution in [-0.2, 0) is 22.4 Å². The standard InChI is InChI=1S/C24H31N5O4/c1-15(25)22(24(32)29-33)28-23(31)18-8-4-16(5-9-18)2-3-17-6-10-20(11-7-17)27-21(30)14-26-19-12-13-19/h4-11,15,19,22,26,33H,2-3,12-14,25H2,1H3,(H,27,30)(H,28,31)(H,29,32)/t15-,22+/m1/s1. The summed E-state index contributed by atoms with van der Waals surface area (Å²) in [5.74, 6) is -1.25. The summed E-state index contributed by atoms with van der Waals surface area (Å²) in [5, 5.41) is 17.4. The Balaban J connectivity index is 1.47. The van der Waals surface area contributed by atoms with E-state index in [0.29, 0.717) is 18.2 Å². The molecule has 33 heavy (non-hydrogen) atoms. The quantitative estimate of drug-likeness (QED) is 0.222. The Morgan fingerprint density at radius 3 is 2.09 bits per heavy atom. The third-order valence-electron chi connectivity index (χ3n) is 5.49. The maximum Gasteiger partial charge on any atom is 0.267 e. The van der Waals surface area contributed by atoms with Crippen LogP contribution in [0.25, 0.3) is 0 Å². The Bertz CT molecular complexity index is 956. The Hall–Kier alpha value is -3.27. The van der Waals surface area contributed by atoms with E-state index in [1.807, 2.05) is 36.4 Å². The van der Waals surface area contributed by atoms with E-state index in [1.165, 1.54) is 5.48 Å². The van der Waals surface area contributed by atoms with Gasteiger partial charge in [-0.25, -0.2) is 5.48 Å². The molecule has 9 heteroatoms. The summed E-state index contributed by atoms with van der Waals surface area (Å²) in [7, 11) is 0. The minimum atomic E-state index is -1.04. The van der Waals surface area contributed by atoms with E-state index in [0.717, 1.165) is 42.5 Å². The molecule has 1 fully saturated rings. The number of aryl methyl sites for hydroxylation is 2. The molecule has 1 aliphatic carbocycles. The number of anilines is 1. The predicted octanol–water partition coefficient (Wildman–Crippen LogP) is 1.11. The van der Waals surface area contributed by atoms with Crippen molar-refractivity contribution < 1.29 is 19.6 Å². The molecule has 0 spiro atoms. The van der Waals surface area contributed by atoms with Gasteiger partial charge in [-0.05, 0) is 68.0 Å². The largest absolute Gasteiger partial charge is 0.339 e. The first kappa shape index (κ1) is 24.4. The number of benzene rings is 2. The molecule has 0 bridgehead atoms. The van der Waals surface area contributed by atoms with Gasteiger partial charge in [0.15, 0.2) is 0 Å². The van der Waals surface area contributed by atoms with Crippen LogP contribution in [-0.4, -0.2) is 47.6 Å². The molecule has 0 aromatic heterocycles. The third-order valence-corrected chi connectivity index (χ3v) is 5.49. The molecular weight excluding hydrogens is 422 g/mol. The normalized spacial score (nSPS) is 14.8. The third kappa shape index (κ3) is 7.67. The van der Waals surface area contributed by atoms with Crippen molar-refractivity contribution in [3.63, 3.8) is 0 Å². The number of carbonyl (C=O) groups is 3. The second-order valence-electron chi connectivity index (χ2n) is 8.38. The van der Waals surface area contributed by atoms with Crippen LogP contribution in [0, 0.1) is 0 Å². The van der Waals surface area contributed by atoms with Crippen LogP contribution in [0.2, 0.25) is 0 Å². The Morgan fingerprint density at radius 1 is 1.00 bits per heavy atom. The van der Waals surface area contributed by atoms with Gasteiger partial charge < -0.3 is 21.7 Å². The number of hydrogen-bond donors (Lipinski definition) is 6. The van der Waals surface area contributed by atoms with Crippen molar-refractivity contribution in [2.75, 3.05) is 11.9 Å². The number of rotatable bonds is 11. The van der Waals surface area contributed by atoms with E-state index in [-0.39, 0.29) is 5.91 Å². The van der Waals surface area contributed by atoms with Crippen molar-refractivity contribution in [2.24, 2.45) is 5.73 Å². The van der Waals surface area contributed by atoms with E-state index < -0.39 is 23.9 Å². The smallest absolute Gasteiger partial charge is 0.267 e. The zero-order valence-corrected chi connectivity index (χ0v) is 18.6. The van der Waals surface area contributed by atoms with Crippen LogP contribution in [0.1, 0.15) is 41.3 Å². The maximum absolute atomic E-state index is 12.4. The molecule has 176 valence electrons. The van der Waals surface area contributed by atoms with Crippen LogP contribution in [0.3, 0.4) is 0 Å². The molecule has 0 saturated heterocycles. The summed E-state index contributed by atoms with van der Waals surface area (Å²) in [4.78, 5) is 36.0. The van der Waals surface area contributed by atoms with E-state index in [1.54, 1.807) is 19.1 Å². The zero-order valence-electron chi connectivity index (χ0n) is 18.6. The number of nitrogens with two attached hydrogens (primary N) is 1. The molecule has 3 rings (SSSR count). The van der Waals surface area contributed by atoms with E-state index >= 15 is 0 Å². The molecule has 2 aromatic carbocycles. The highest BCUT2D eigenvalue weighted by Crippen LogP contribution is 2.18. The summed E-state index contributed by atoms with van der Waals surface area (Å²) in [5.41, 5.74) is 10.6. The molecule has 2 atom stereocenters. The molecule has 0 radical (unpaired) electrons. The lowest BCUT2D eigenvalue weighted by molar-refractivity contribution is -0.131. The van der Waals surface area contributed by atoms with Crippen molar-refractivity contribution >= 4 is 23.4 Å². The molecule has 0 heterocycles. The monoisotopic (exact) mass is 453 g/mol. The number of nitrogens with one attached hydrogen (secondary N) is 4. The van der Waals surface area contributed by atoms with Crippen LogP contribution in [0.4, 0.5) is 5.69 Å². The fourth-order valence-electron chi connectivity index (χ4n) is 3.33. The van der Waals surface area contributed by atoms with Crippen molar-refractivity contribution in [3.8, 4) is 0 Å². The average molecular weight is 454 g/mol. The first-order valence-corrected chi connectivity index (χ1v) is 11.1. The van der Waals surface area contributed by atoms with Crippen LogP contribution in [0.5, 0.6) is 0 Å². The summed E-state index contributed by atoms with van der Waals surface area (Å²) in [6.45, 7) is 1.90. The first-order valence-electron chi connectivity index (χ1n) is 11.1. The Kier molecular flexibility index (Phi) is 8.53. The molecule has 3 amide bonds. The molecular formula is C24H31N5O4. The highest BCUT2D eigenvalue weighted by atomic mass is 16.5. The van der Waals surface area contributed by atoms with Crippen molar-refractivity contribution in [1.82, 2.24) is 16.1 Å². The van der Waals surface area contributed by atoms with Crippen LogP contribution in [0.15, 0.2) is 48.5 Å². The second-order valence-corrected chi connectivity index (χ2v) is 8.38. The van der Waals surface area contributed by atoms with Crippen molar-refractivity contribution in [1.29, 1.82) is 0 Å². The van der Waals surface area contributed by atoms with Gasteiger partial charge in [-0.3, -0.25) is 19.6 Å². The first-order chi connectivity index (χ1) is 15.9. The molecule has 0 aliphatic heterocycles. The minimum absolute atomic E-state index is 0.0389. The Morgan fingerprint density at radius 2 is 1.58 bits per heavy atom. The lowest BCUT2D eigenvalue weighted by Gasteiger charge is -2.20. The highest BCUT2D eigenvalue weighted by molar-refractivity contribution is 5.97. The molecule has 0 unspecified atom stereocenters. The van der Waals surface area contributed by atoms with Crippen molar-refractivity contribution in [3.05, 3.63) is 65.2 Å². The second kappa shape index (κ2) is 11.6. The van der Waals surface area contributed by atoms with E-state index in [2.05, 4.69) is 16.0 Å². The predicted molar refractivity (Wildman–Crippen MR) is 125 cm³/mol. The maximum atomic E-state index is 12.4. The molecule has 1 saturated carbocycles. The van der Waals surface area contributed by atoms with Crippen molar-refractivity contribution in [2.45, 2.75) is 50.7 Å². The fourth-order valence-corrected chi connectivity index (χ4v) is 3.33. The molecule has 2 aromatic rings. The van der Waals surface area contributed by atoms with Gasteiger partial charge in [-0.1, -0.05) is 24.3 Å². The van der Waals surface area contributed by atoms with E-state index in [4.69, 9.17) is 10.9 Å². The fraction of sp³-hybridized carbons (Fsp3) is 0.375. The van der Waals surface area contributed by atoms with Gasteiger partial charge in [-0.15, -0.1) is 0 Å². The summed E-state index contributed by atoms with van der Waals surface area (Å²) in [6, 6.07) is 13.7. The SMILES string of the molecule is C[C@@H](N)[C@H](NC(=O)c1ccc(CCc2ccc(NC(=O)CNC3CC3)cc2)cc1)C(=O)NO. The van der Waals surface area contributed by atoms with Gasteiger partial charge in [0.25, 0.3) is 11.8 Å².